The van der Waals surface area contributed by atoms with Gasteiger partial charge in [-0.1, -0.05) is 47.6 Å². The highest BCUT2D eigenvalue weighted by Gasteiger charge is 2.14. The molecule has 0 bridgehead atoms. The molecule has 1 aromatic heterocycles. The number of carbonyl (C=O) groups excluding carboxylic acids is 1. The van der Waals surface area contributed by atoms with Crippen molar-refractivity contribution in [3.05, 3.63) is 80.7 Å². The van der Waals surface area contributed by atoms with Crippen LogP contribution in [0, 0.1) is 6.92 Å². The van der Waals surface area contributed by atoms with Crippen molar-refractivity contribution < 1.29 is 9.53 Å². The minimum Gasteiger partial charge on any atom is -0.495 e. The fourth-order valence-electron chi connectivity index (χ4n) is 2.74. The first-order valence-corrected chi connectivity index (χ1v) is 10.2. The number of aromatic nitrogens is 2. The number of carbonyl (C=O) groups is 1. The predicted octanol–water partition coefficient (Wildman–Crippen LogP) is 4.21. The van der Waals surface area contributed by atoms with Crippen molar-refractivity contribution in [2.75, 3.05) is 12.4 Å². The fourth-order valence-corrected chi connectivity index (χ4v) is 3.80. The number of nitrogens with zero attached hydrogens (tertiary/aromatic N) is 1. The van der Waals surface area contributed by atoms with Crippen LogP contribution in [0.2, 0.25) is 5.02 Å². The molecule has 0 atom stereocenters. The van der Waals surface area contributed by atoms with Gasteiger partial charge in [0.15, 0.2) is 5.16 Å². The number of H-pyrrole nitrogens is 1. The van der Waals surface area contributed by atoms with Crippen LogP contribution in [0.25, 0.3) is 0 Å². The molecule has 1 heterocycles. The summed E-state index contributed by atoms with van der Waals surface area (Å²) in [4.78, 5) is 32.1. The fraction of sp³-hybridized carbons (Fsp3) is 0.190. The summed E-state index contributed by atoms with van der Waals surface area (Å²) in [5.74, 6) is 0.859. The molecule has 0 saturated heterocycles. The molecule has 0 aliphatic rings. The first-order valence-electron chi connectivity index (χ1n) is 8.86. The summed E-state index contributed by atoms with van der Waals surface area (Å²) in [6.07, 6.45) is -0.0779. The lowest BCUT2D eigenvalue weighted by Crippen LogP contribution is -2.24. The zero-order valence-electron chi connectivity index (χ0n) is 16.0. The van der Waals surface area contributed by atoms with Crippen LogP contribution in [0.4, 0.5) is 5.69 Å². The molecule has 6 nitrogen and oxygen atoms in total. The third kappa shape index (κ3) is 5.62. The van der Waals surface area contributed by atoms with Crippen LogP contribution in [0.5, 0.6) is 5.75 Å². The summed E-state index contributed by atoms with van der Waals surface area (Å²) in [6, 6.07) is 14.6. The van der Waals surface area contributed by atoms with Crippen molar-refractivity contribution in [3.63, 3.8) is 0 Å². The number of nitrogens with one attached hydrogen (secondary N) is 2. The van der Waals surface area contributed by atoms with Crippen molar-refractivity contribution in [3.8, 4) is 5.75 Å². The molecule has 8 heteroatoms. The van der Waals surface area contributed by atoms with Crippen molar-refractivity contribution in [1.82, 2.24) is 9.97 Å². The van der Waals surface area contributed by atoms with Crippen molar-refractivity contribution in [2.24, 2.45) is 0 Å². The lowest BCUT2D eigenvalue weighted by molar-refractivity contribution is -0.115. The number of methoxy groups -OCH3 is 1. The van der Waals surface area contributed by atoms with Crippen LogP contribution in [0.15, 0.2) is 58.5 Å². The molecule has 3 aromatic rings. The second kappa shape index (κ2) is 9.62. The molecule has 29 heavy (non-hydrogen) atoms. The van der Waals surface area contributed by atoms with Gasteiger partial charge in [0.2, 0.25) is 5.91 Å². The molecular weight excluding hydrogens is 410 g/mol. The van der Waals surface area contributed by atoms with E-state index in [1.165, 1.54) is 18.9 Å². The zero-order valence-corrected chi connectivity index (χ0v) is 17.6. The van der Waals surface area contributed by atoms with Crippen LogP contribution in [-0.2, 0) is 17.0 Å². The van der Waals surface area contributed by atoms with E-state index in [1.54, 1.807) is 25.1 Å². The van der Waals surface area contributed by atoms with Crippen LogP contribution >= 0.6 is 23.4 Å². The number of anilines is 1. The van der Waals surface area contributed by atoms with Crippen LogP contribution in [0.3, 0.4) is 0 Å². The van der Waals surface area contributed by atoms with Crippen LogP contribution < -0.4 is 15.6 Å². The zero-order chi connectivity index (χ0) is 20.8. The Kier molecular flexibility index (Phi) is 6.95. The van der Waals surface area contributed by atoms with E-state index in [0.29, 0.717) is 38.6 Å². The Morgan fingerprint density at radius 3 is 2.76 bits per heavy atom. The standard InChI is InChI=1S/C21H20ClN3O3S/c1-13-16(11-19(26)24-17-8-3-4-9-18(17)28-2)20(27)25-21(23-13)29-12-14-6-5-7-15(22)10-14/h3-10H,11-12H2,1-2H3,(H,24,26)(H,23,25,27). The van der Waals surface area contributed by atoms with Gasteiger partial charge >= 0.3 is 0 Å². The third-order valence-corrected chi connectivity index (χ3v) is 5.36. The van der Waals surface area contributed by atoms with Gasteiger partial charge in [0.05, 0.1) is 19.2 Å². The van der Waals surface area contributed by atoms with Gasteiger partial charge in [0.1, 0.15) is 5.75 Å². The lowest BCUT2D eigenvalue weighted by atomic mass is 10.1. The Hall–Kier alpha value is -2.77. The molecule has 0 aliphatic carbocycles. The number of para-hydroxylation sites is 2. The summed E-state index contributed by atoms with van der Waals surface area (Å²) in [5, 5.41) is 3.93. The number of aryl methyl sites for hydroxylation is 1. The van der Waals surface area contributed by atoms with E-state index in [-0.39, 0.29) is 17.9 Å². The van der Waals surface area contributed by atoms with Crippen LogP contribution in [-0.4, -0.2) is 23.0 Å². The van der Waals surface area contributed by atoms with Gasteiger partial charge in [0, 0.05) is 22.0 Å². The van der Waals surface area contributed by atoms with Gasteiger partial charge in [-0.3, -0.25) is 9.59 Å². The van der Waals surface area contributed by atoms with Gasteiger partial charge < -0.3 is 15.0 Å². The number of hydrogen-bond donors (Lipinski definition) is 2. The molecule has 0 radical (unpaired) electrons. The number of amides is 1. The van der Waals surface area contributed by atoms with E-state index in [9.17, 15) is 9.59 Å². The summed E-state index contributed by atoms with van der Waals surface area (Å²) in [5.41, 5.74) is 2.13. The summed E-state index contributed by atoms with van der Waals surface area (Å²) >= 11 is 7.40. The number of ether oxygens (including phenoxy) is 1. The van der Waals surface area contributed by atoms with Gasteiger partial charge in [-0.05, 0) is 36.8 Å². The van der Waals surface area contributed by atoms with Gasteiger partial charge in [-0.2, -0.15) is 0 Å². The number of aromatic amines is 1. The number of benzene rings is 2. The second-order valence-electron chi connectivity index (χ2n) is 6.28. The SMILES string of the molecule is COc1ccccc1NC(=O)Cc1c(C)nc(SCc2cccc(Cl)c2)[nH]c1=O. The number of hydrogen-bond acceptors (Lipinski definition) is 5. The van der Waals surface area contributed by atoms with Gasteiger partial charge in [0.25, 0.3) is 5.56 Å². The molecule has 2 N–H and O–H groups in total. The number of halogens is 1. The largest absolute Gasteiger partial charge is 0.495 e. The maximum atomic E-state index is 12.5. The average Bonchev–Trinajstić information content (AvgIpc) is 2.69. The minimum absolute atomic E-state index is 0.0779. The first kappa shape index (κ1) is 21.0. The molecule has 0 spiro atoms. The van der Waals surface area contributed by atoms with Gasteiger partial charge in [-0.25, -0.2) is 4.98 Å². The summed E-state index contributed by atoms with van der Waals surface area (Å²) in [6.45, 7) is 1.73. The third-order valence-electron chi connectivity index (χ3n) is 4.18. The van der Waals surface area contributed by atoms with Crippen molar-refractivity contribution >= 4 is 35.0 Å². The lowest BCUT2D eigenvalue weighted by Gasteiger charge is -2.11. The topological polar surface area (TPSA) is 84.1 Å². The van der Waals surface area contributed by atoms with Crippen molar-refractivity contribution in [1.29, 1.82) is 0 Å². The minimum atomic E-state index is -0.318. The normalized spacial score (nSPS) is 10.6. The highest BCUT2D eigenvalue weighted by Crippen LogP contribution is 2.24. The quantitative estimate of drug-likeness (QED) is 0.434. The molecule has 0 fully saturated rings. The maximum absolute atomic E-state index is 12.5. The van der Waals surface area contributed by atoms with E-state index in [4.69, 9.17) is 16.3 Å². The molecule has 0 unspecified atom stereocenters. The second-order valence-corrected chi connectivity index (χ2v) is 7.68. The number of thioether (sulfide) groups is 1. The summed E-state index contributed by atoms with van der Waals surface area (Å²) in [7, 11) is 1.53. The van der Waals surface area contributed by atoms with Crippen molar-refractivity contribution in [2.45, 2.75) is 24.3 Å². The Bertz CT molecular complexity index is 1080. The average molecular weight is 430 g/mol. The Labute approximate surface area is 177 Å². The number of rotatable bonds is 7. The molecular formula is C21H20ClN3O3S. The molecule has 1 amide bonds. The highest BCUT2D eigenvalue weighted by molar-refractivity contribution is 7.98. The monoisotopic (exact) mass is 429 g/mol. The smallest absolute Gasteiger partial charge is 0.255 e. The Morgan fingerprint density at radius 1 is 1.24 bits per heavy atom. The molecule has 150 valence electrons. The van der Waals surface area contributed by atoms with E-state index < -0.39 is 0 Å². The van der Waals surface area contributed by atoms with Gasteiger partial charge in [-0.15, -0.1) is 0 Å². The summed E-state index contributed by atoms with van der Waals surface area (Å²) < 4.78 is 5.22. The Balaban J connectivity index is 1.69. The predicted molar refractivity (Wildman–Crippen MR) is 116 cm³/mol. The molecule has 0 aliphatic heterocycles. The van der Waals surface area contributed by atoms with E-state index in [2.05, 4.69) is 15.3 Å². The van der Waals surface area contributed by atoms with E-state index in [1.807, 2.05) is 30.3 Å². The Morgan fingerprint density at radius 2 is 2.03 bits per heavy atom. The van der Waals surface area contributed by atoms with Crippen LogP contribution in [0.1, 0.15) is 16.8 Å². The molecule has 3 rings (SSSR count). The molecule has 0 saturated carbocycles. The van der Waals surface area contributed by atoms with E-state index >= 15 is 0 Å². The highest BCUT2D eigenvalue weighted by atomic mass is 35.5. The molecule has 2 aromatic carbocycles. The van der Waals surface area contributed by atoms with E-state index in [0.717, 1.165) is 5.56 Å². The first-order chi connectivity index (χ1) is 14.0. The maximum Gasteiger partial charge on any atom is 0.255 e.